The van der Waals surface area contributed by atoms with Crippen molar-refractivity contribution in [2.45, 2.75) is 12.5 Å². The predicted octanol–water partition coefficient (Wildman–Crippen LogP) is 1.69. The van der Waals surface area contributed by atoms with Gasteiger partial charge in [0.15, 0.2) is 0 Å². The molecule has 138 valence electrons. The number of amides is 2. The Morgan fingerprint density at radius 2 is 1.63 bits per heavy atom. The molecule has 2 amide bonds. The zero-order valence-electron chi connectivity index (χ0n) is 14.2. The lowest BCUT2D eigenvalue weighted by molar-refractivity contribution is -0.141. The van der Waals surface area contributed by atoms with E-state index in [0.29, 0.717) is 16.2 Å². The molecule has 0 spiro atoms. The fourth-order valence-corrected chi connectivity index (χ4v) is 2.95. The van der Waals surface area contributed by atoms with Crippen molar-refractivity contribution >= 4 is 23.8 Å². The Bertz CT molecular complexity index is 949. The first-order valence-electron chi connectivity index (χ1n) is 7.94. The van der Waals surface area contributed by atoms with Gasteiger partial charge in [-0.2, -0.15) is 0 Å². The number of aliphatic carboxylic acids is 1. The Morgan fingerprint density at radius 1 is 1.00 bits per heavy atom. The van der Waals surface area contributed by atoms with Gasteiger partial charge in [0.05, 0.1) is 23.8 Å². The third-order valence-electron chi connectivity index (χ3n) is 4.35. The van der Waals surface area contributed by atoms with E-state index in [9.17, 15) is 24.3 Å². The van der Waals surface area contributed by atoms with E-state index in [1.54, 1.807) is 24.3 Å². The van der Waals surface area contributed by atoms with Gasteiger partial charge in [0.25, 0.3) is 11.8 Å². The van der Waals surface area contributed by atoms with E-state index >= 15 is 0 Å². The minimum Gasteiger partial charge on any atom is -0.497 e. The van der Waals surface area contributed by atoms with Crippen LogP contribution in [0.25, 0.3) is 0 Å². The molecule has 27 heavy (non-hydrogen) atoms. The topological polar surface area (TPSA) is 121 Å². The lowest BCUT2D eigenvalue weighted by atomic mass is 10.0. The van der Waals surface area contributed by atoms with Gasteiger partial charge < -0.3 is 14.9 Å². The number of carbonyl (C=O) groups excluding carboxylic acids is 2. The predicted molar refractivity (Wildman–Crippen MR) is 92.0 cm³/mol. The molecule has 1 aliphatic rings. The maximum atomic E-state index is 12.6. The van der Waals surface area contributed by atoms with Crippen molar-refractivity contribution in [3.63, 3.8) is 0 Å². The maximum absolute atomic E-state index is 12.6. The van der Waals surface area contributed by atoms with Crippen molar-refractivity contribution in [3.05, 3.63) is 64.7 Å². The molecule has 8 heteroatoms. The second kappa shape index (κ2) is 6.91. The van der Waals surface area contributed by atoms with Crippen LogP contribution < -0.4 is 4.74 Å². The van der Waals surface area contributed by atoms with E-state index in [2.05, 4.69) is 0 Å². The highest BCUT2D eigenvalue weighted by atomic mass is 16.5. The van der Waals surface area contributed by atoms with Crippen LogP contribution in [0.1, 0.15) is 36.6 Å². The smallest absolute Gasteiger partial charge is 0.335 e. The third kappa shape index (κ3) is 3.24. The summed E-state index contributed by atoms with van der Waals surface area (Å²) in [6.45, 7) is 0. The van der Waals surface area contributed by atoms with Crippen molar-refractivity contribution in [2.75, 3.05) is 7.11 Å². The second-order valence-corrected chi connectivity index (χ2v) is 5.95. The molecule has 0 aliphatic carbocycles. The van der Waals surface area contributed by atoms with Crippen LogP contribution in [-0.2, 0) is 11.2 Å². The number of aromatic carboxylic acids is 1. The Balaban J connectivity index is 1.93. The normalized spacial score (nSPS) is 14.0. The Labute approximate surface area is 153 Å². The Morgan fingerprint density at radius 3 is 2.19 bits per heavy atom. The molecule has 0 unspecified atom stereocenters. The molecule has 1 aliphatic heterocycles. The molecule has 2 aromatic carbocycles. The number of fused-ring (bicyclic) bond motifs is 1. The minimum atomic E-state index is -1.42. The van der Waals surface area contributed by atoms with Crippen LogP contribution in [0.15, 0.2) is 42.5 Å². The van der Waals surface area contributed by atoms with Gasteiger partial charge in [-0.05, 0) is 35.9 Å². The molecule has 0 fully saturated rings. The van der Waals surface area contributed by atoms with E-state index in [-0.39, 0.29) is 23.1 Å². The maximum Gasteiger partial charge on any atom is 0.335 e. The summed E-state index contributed by atoms with van der Waals surface area (Å²) in [6.07, 6.45) is -0.0867. The molecule has 1 heterocycles. The van der Waals surface area contributed by atoms with E-state index in [0.717, 1.165) is 6.07 Å². The highest BCUT2D eigenvalue weighted by molar-refractivity contribution is 6.23. The second-order valence-electron chi connectivity index (χ2n) is 5.95. The van der Waals surface area contributed by atoms with Gasteiger partial charge in [-0.15, -0.1) is 0 Å². The fraction of sp³-hybridized carbons (Fsp3) is 0.158. The van der Waals surface area contributed by atoms with E-state index in [1.807, 2.05) is 0 Å². The molecule has 0 bridgehead atoms. The van der Waals surface area contributed by atoms with Crippen molar-refractivity contribution in [3.8, 4) is 5.75 Å². The monoisotopic (exact) mass is 369 g/mol. The number of imide groups is 1. The Hall–Kier alpha value is -3.68. The number of hydrogen-bond acceptors (Lipinski definition) is 5. The number of hydrogen-bond donors (Lipinski definition) is 2. The number of nitrogens with zero attached hydrogens (tertiary/aromatic N) is 1. The van der Waals surface area contributed by atoms with Crippen LogP contribution in [-0.4, -0.2) is 52.0 Å². The average Bonchev–Trinajstić information content (AvgIpc) is 2.90. The summed E-state index contributed by atoms with van der Waals surface area (Å²) in [5.41, 5.74) is 0.330. The van der Waals surface area contributed by atoms with Crippen LogP contribution in [0.5, 0.6) is 5.75 Å². The third-order valence-corrected chi connectivity index (χ3v) is 4.35. The van der Waals surface area contributed by atoms with Crippen LogP contribution in [0, 0.1) is 0 Å². The summed E-state index contributed by atoms with van der Waals surface area (Å²) in [5, 5.41) is 18.6. The highest BCUT2D eigenvalue weighted by Gasteiger charge is 2.43. The molecule has 8 nitrogen and oxygen atoms in total. The number of carbonyl (C=O) groups is 4. The quantitative estimate of drug-likeness (QED) is 0.743. The van der Waals surface area contributed by atoms with Crippen LogP contribution in [0.3, 0.4) is 0 Å². The van der Waals surface area contributed by atoms with Gasteiger partial charge in [0.1, 0.15) is 11.8 Å². The largest absolute Gasteiger partial charge is 0.497 e. The summed E-state index contributed by atoms with van der Waals surface area (Å²) in [7, 11) is 1.50. The summed E-state index contributed by atoms with van der Waals surface area (Å²) in [6, 6.07) is 8.69. The van der Waals surface area contributed by atoms with Gasteiger partial charge in [-0.3, -0.25) is 14.5 Å². The molecule has 0 radical (unpaired) electrons. The van der Waals surface area contributed by atoms with Gasteiger partial charge in [-0.25, -0.2) is 9.59 Å². The summed E-state index contributed by atoms with van der Waals surface area (Å²) in [5.74, 6) is -3.57. The Kier molecular flexibility index (Phi) is 4.64. The number of ether oxygens (including phenoxy) is 1. The number of carboxylic acids is 2. The molecule has 2 aromatic rings. The summed E-state index contributed by atoms with van der Waals surface area (Å²) < 4.78 is 5.05. The van der Waals surface area contributed by atoms with E-state index in [4.69, 9.17) is 9.84 Å². The zero-order valence-corrected chi connectivity index (χ0v) is 14.2. The molecule has 3 rings (SSSR count). The van der Waals surface area contributed by atoms with Gasteiger partial charge in [0.2, 0.25) is 0 Å². The lowest BCUT2D eigenvalue weighted by Crippen LogP contribution is -2.46. The first-order valence-corrected chi connectivity index (χ1v) is 7.94. The van der Waals surface area contributed by atoms with Gasteiger partial charge >= 0.3 is 11.9 Å². The van der Waals surface area contributed by atoms with Crippen molar-refractivity contribution in [1.29, 1.82) is 0 Å². The lowest BCUT2D eigenvalue weighted by Gasteiger charge is -2.22. The molecular formula is C19H15NO7. The standard InChI is InChI=1S/C19H15NO7/c1-27-12-5-2-10(3-6-12)8-15(19(25)26)20-16(21)13-7-4-11(18(23)24)9-14(13)17(20)22/h2-7,9,15H,8H2,1H3,(H,23,24)(H,25,26)/t15-/m1/s1. The first kappa shape index (κ1) is 18.1. The summed E-state index contributed by atoms with van der Waals surface area (Å²) in [4.78, 5) is 48.8. The molecule has 0 saturated heterocycles. The number of carboxylic acid groups (broad SMARTS) is 2. The van der Waals surface area contributed by atoms with E-state index < -0.39 is 29.8 Å². The molecular weight excluding hydrogens is 354 g/mol. The summed E-state index contributed by atoms with van der Waals surface area (Å²) >= 11 is 0. The molecule has 2 N–H and O–H groups in total. The fourth-order valence-electron chi connectivity index (χ4n) is 2.95. The molecule has 0 saturated carbocycles. The van der Waals surface area contributed by atoms with Crippen LogP contribution >= 0.6 is 0 Å². The average molecular weight is 369 g/mol. The minimum absolute atomic E-state index is 0.00835. The number of methoxy groups -OCH3 is 1. The van der Waals surface area contributed by atoms with Crippen molar-refractivity contribution < 1.29 is 34.1 Å². The van der Waals surface area contributed by atoms with Gasteiger partial charge in [-0.1, -0.05) is 12.1 Å². The van der Waals surface area contributed by atoms with E-state index in [1.165, 1.54) is 19.2 Å². The van der Waals surface area contributed by atoms with Gasteiger partial charge in [0, 0.05) is 6.42 Å². The first-order chi connectivity index (χ1) is 12.8. The van der Waals surface area contributed by atoms with Crippen LogP contribution in [0.4, 0.5) is 0 Å². The zero-order chi connectivity index (χ0) is 19.7. The number of benzene rings is 2. The number of rotatable bonds is 6. The molecule has 1 atom stereocenters. The SMILES string of the molecule is COc1ccc(C[C@H](C(=O)O)N2C(=O)c3ccc(C(=O)O)cc3C2=O)cc1. The van der Waals surface area contributed by atoms with Crippen molar-refractivity contribution in [2.24, 2.45) is 0 Å². The van der Waals surface area contributed by atoms with Crippen LogP contribution in [0.2, 0.25) is 0 Å². The molecule has 0 aromatic heterocycles. The highest BCUT2D eigenvalue weighted by Crippen LogP contribution is 2.27. The van der Waals surface area contributed by atoms with Crippen molar-refractivity contribution in [1.82, 2.24) is 4.90 Å².